The van der Waals surface area contributed by atoms with E-state index in [2.05, 4.69) is 43.0 Å². The average Bonchev–Trinajstić information content (AvgIpc) is 3.08. The summed E-state index contributed by atoms with van der Waals surface area (Å²) in [6.07, 6.45) is 3.46. The summed E-state index contributed by atoms with van der Waals surface area (Å²) in [4.78, 5) is 32.0. The largest absolute Gasteiger partial charge is 0.332 e. The molecular weight excluding hydrogens is 354 g/mol. The molecule has 0 spiro atoms. The van der Waals surface area contributed by atoms with Crippen LogP contribution >= 0.6 is 0 Å². The van der Waals surface area contributed by atoms with E-state index in [0.29, 0.717) is 23.6 Å². The number of anilines is 2. The van der Waals surface area contributed by atoms with Crippen LogP contribution in [0.1, 0.15) is 32.3 Å². The molecule has 0 unspecified atom stereocenters. The first-order valence-corrected chi connectivity index (χ1v) is 9.95. The lowest BCUT2D eigenvalue weighted by Gasteiger charge is -2.33. The Morgan fingerprint density at radius 3 is 2.46 bits per heavy atom. The van der Waals surface area contributed by atoms with Crippen molar-refractivity contribution in [1.82, 2.24) is 18.7 Å². The average molecular weight is 381 g/mol. The van der Waals surface area contributed by atoms with Crippen LogP contribution in [0.15, 0.2) is 33.9 Å². The molecule has 2 aromatic heterocycles. The standard InChI is InChI=1S/C21H27N5O2/c1-5-6-7-15-8-10-16(11-9-15)25-12-14(2)13-26-17-18(22-20(25)26)23(3)21(28)24(4)19(17)27/h8-11,14H,5-7,12-13H2,1-4H3/t14-/m1/s1. The van der Waals surface area contributed by atoms with E-state index in [9.17, 15) is 9.59 Å². The summed E-state index contributed by atoms with van der Waals surface area (Å²) in [5.74, 6) is 1.08. The third kappa shape index (κ3) is 2.85. The number of hydrogen-bond acceptors (Lipinski definition) is 4. The summed E-state index contributed by atoms with van der Waals surface area (Å²) in [5.41, 5.74) is 2.69. The molecule has 4 rings (SSSR count). The minimum atomic E-state index is -0.354. The van der Waals surface area contributed by atoms with Crippen molar-refractivity contribution in [1.29, 1.82) is 0 Å². The predicted molar refractivity (Wildman–Crippen MR) is 111 cm³/mol. The summed E-state index contributed by atoms with van der Waals surface area (Å²) in [7, 11) is 3.18. The lowest BCUT2D eigenvalue weighted by molar-refractivity contribution is 0.458. The van der Waals surface area contributed by atoms with Crippen molar-refractivity contribution in [2.45, 2.75) is 39.7 Å². The van der Waals surface area contributed by atoms with Crippen molar-refractivity contribution in [2.75, 3.05) is 11.4 Å². The molecule has 0 fully saturated rings. The van der Waals surface area contributed by atoms with Gasteiger partial charge in [0, 0.05) is 32.9 Å². The van der Waals surface area contributed by atoms with Gasteiger partial charge in [0.25, 0.3) is 5.56 Å². The minimum absolute atomic E-state index is 0.291. The van der Waals surface area contributed by atoms with Gasteiger partial charge in [-0.05, 0) is 36.5 Å². The fourth-order valence-corrected chi connectivity index (χ4v) is 4.02. The monoisotopic (exact) mass is 381 g/mol. The number of fused-ring (bicyclic) bond motifs is 3. The Balaban J connectivity index is 1.85. The molecule has 1 atom stereocenters. The van der Waals surface area contributed by atoms with Gasteiger partial charge in [-0.3, -0.25) is 13.9 Å². The fourth-order valence-electron chi connectivity index (χ4n) is 4.02. The van der Waals surface area contributed by atoms with Crippen LogP contribution in [0.3, 0.4) is 0 Å². The van der Waals surface area contributed by atoms with Crippen LogP contribution in [0, 0.1) is 5.92 Å². The number of benzene rings is 1. The zero-order valence-corrected chi connectivity index (χ0v) is 17.0. The third-order valence-electron chi connectivity index (χ3n) is 5.62. The van der Waals surface area contributed by atoms with Crippen molar-refractivity contribution < 1.29 is 0 Å². The maximum absolute atomic E-state index is 12.8. The van der Waals surface area contributed by atoms with Crippen LogP contribution in [-0.2, 0) is 27.1 Å². The van der Waals surface area contributed by atoms with Gasteiger partial charge in [0.2, 0.25) is 5.95 Å². The molecule has 0 saturated heterocycles. The van der Waals surface area contributed by atoms with Gasteiger partial charge >= 0.3 is 5.69 Å². The number of aryl methyl sites for hydroxylation is 2. The molecule has 0 N–H and O–H groups in total. The molecule has 7 nitrogen and oxygen atoms in total. The van der Waals surface area contributed by atoms with E-state index < -0.39 is 0 Å². The van der Waals surface area contributed by atoms with Gasteiger partial charge in [-0.1, -0.05) is 32.4 Å². The molecule has 148 valence electrons. The number of rotatable bonds is 4. The topological polar surface area (TPSA) is 65.1 Å². The van der Waals surface area contributed by atoms with Crippen molar-refractivity contribution in [3.63, 3.8) is 0 Å². The lowest BCUT2D eigenvalue weighted by atomic mass is 10.1. The zero-order chi connectivity index (χ0) is 20.0. The second kappa shape index (κ2) is 6.96. The molecule has 28 heavy (non-hydrogen) atoms. The van der Waals surface area contributed by atoms with Crippen molar-refractivity contribution in [3.05, 3.63) is 50.7 Å². The van der Waals surface area contributed by atoms with Gasteiger partial charge in [0.1, 0.15) is 0 Å². The van der Waals surface area contributed by atoms with Crippen molar-refractivity contribution >= 4 is 22.8 Å². The zero-order valence-electron chi connectivity index (χ0n) is 17.0. The fraction of sp³-hybridized carbons (Fsp3) is 0.476. The number of imidazole rings is 1. The normalized spacial score (nSPS) is 16.6. The Hall–Kier alpha value is -2.83. The van der Waals surface area contributed by atoms with Gasteiger partial charge in [0.15, 0.2) is 11.2 Å². The molecule has 1 aliphatic heterocycles. The van der Waals surface area contributed by atoms with Gasteiger partial charge in [0.05, 0.1) is 0 Å². The van der Waals surface area contributed by atoms with E-state index in [-0.39, 0.29) is 11.2 Å². The Labute approximate surface area is 163 Å². The molecule has 1 aliphatic rings. The Kier molecular flexibility index (Phi) is 4.61. The molecule has 0 amide bonds. The minimum Gasteiger partial charge on any atom is -0.312 e. The first kappa shape index (κ1) is 18.5. The molecule has 0 saturated carbocycles. The first-order valence-electron chi connectivity index (χ1n) is 9.95. The summed E-state index contributed by atoms with van der Waals surface area (Å²) >= 11 is 0. The van der Waals surface area contributed by atoms with Crippen molar-refractivity contribution in [3.8, 4) is 0 Å². The highest BCUT2D eigenvalue weighted by Gasteiger charge is 2.29. The van der Waals surface area contributed by atoms with E-state index in [1.807, 2.05) is 4.57 Å². The molecular formula is C21H27N5O2. The highest BCUT2D eigenvalue weighted by Crippen LogP contribution is 2.32. The molecule has 7 heteroatoms. The summed E-state index contributed by atoms with van der Waals surface area (Å²) in [5, 5.41) is 0. The molecule has 0 radical (unpaired) electrons. The van der Waals surface area contributed by atoms with Gasteiger partial charge in [-0.2, -0.15) is 4.98 Å². The molecule has 1 aromatic carbocycles. The van der Waals surface area contributed by atoms with E-state index in [0.717, 1.165) is 29.2 Å². The summed E-state index contributed by atoms with van der Waals surface area (Å²) in [6, 6.07) is 8.60. The predicted octanol–water partition coefficient (Wildman–Crippen LogP) is 2.56. The smallest absolute Gasteiger partial charge is 0.312 e. The van der Waals surface area contributed by atoms with E-state index >= 15 is 0 Å². The summed E-state index contributed by atoms with van der Waals surface area (Å²) in [6.45, 7) is 5.91. The highest BCUT2D eigenvalue weighted by molar-refractivity contribution is 5.77. The van der Waals surface area contributed by atoms with Crippen LogP contribution in [0.5, 0.6) is 0 Å². The van der Waals surface area contributed by atoms with Crippen LogP contribution < -0.4 is 16.1 Å². The van der Waals surface area contributed by atoms with Gasteiger partial charge in [-0.15, -0.1) is 0 Å². The first-order chi connectivity index (χ1) is 13.4. The molecule has 0 bridgehead atoms. The lowest BCUT2D eigenvalue weighted by Crippen LogP contribution is -2.38. The Morgan fingerprint density at radius 1 is 1.07 bits per heavy atom. The maximum atomic E-state index is 12.8. The van der Waals surface area contributed by atoms with Crippen LogP contribution in [0.2, 0.25) is 0 Å². The molecule has 3 aromatic rings. The Morgan fingerprint density at radius 2 is 1.79 bits per heavy atom. The van der Waals surface area contributed by atoms with Gasteiger partial charge < -0.3 is 9.47 Å². The second-order valence-electron chi connectivity index (χ2n) is 7.89. The van der Waals surface area contributed by atoms with Crippen LogP contribution in [0.4, 0.5) is 11.6 Å². The third-order valence-corrected chi connectivity index (χ3v) is 5.62. The number of nitrogens with zero attached hydrogens (tertiary/aromatic N) is 5. The van der Waals surface area contributed by atoms with Gasteiger partial charge in [-0.25, -0.2) is 4.79 Å². The SMILES string of the molecule is CCCCc1ccc(N2C[C@@H](C)Cn3c2nc2c3c(=O)n(C)c(=O)n2C)cc1. The molecule has 3 heterocycles. The van der Waals surface area contributed by atoms with E-state index in [4.69, 9.17) is 4.98 Å². The quantitative estimate of drug-likeness (QED) is 0.697. The molecule has 0 aliphatic carbocycles. The maximum Gasteiger partial charge on any atom is 0.332 e. The summed E-state index contributed by atoms with van der Waals surface area (Å²) < 4.78 is 4.58. The van der Waals surface area contributed by atoms with E-state index in [1.165, 1.54) is 30.0 Å². The second-order valence-corrected chi connectivity index (χ2v) is 7.89. The highest BCUT2D eigenvalue weighted by atomic mass is 16.2. The number of unbranched alkanes of at least 4 members (excludes halogenated alkanes) is 1. The Bertz CT molecular complexity index is 1140. The van der Waals surface area contributed by atoms with E-state index in [1.54, 1.807) is 7.05 Å². The number of hydrogen-bond donors (Lipinski definition) is 0. The van der Waals surface area contributed by atoms with Crippen LogP contribution in [-0.4, -0.2) is 25.2 Å². The number of aromatic nitrogens is 4. The van der Waals surface area contributed by atoms with Crippen LogP contribution in [0.25, 0.3) is 11.2 Å². The van der Waals surface area contributed by atoms with Crippen molar-refractivity contribution in [2.24, 2.45) is 20.0 Å².